The summed E-state index contributed by atoms with van der Waals surface area (Å²) >= 11 is 0. The van der Waals surface area contributed by atoms with Crippen molar-refractivity contribution >= 4 is 54.3 Å². The molecule has 0 spiro atoms. The normalized spacial score (nSPS) is 11.7. The van der Waals surface area contributed by atoms with E-state index in [4.69, 9.17) is 19.4 Å². The maximum atomic E-state index is 6.26. The lowest BCUT2D eigenvalue weighted by atomic mass is 9.92. The Morgan fingerprint density at radius 2 is 0.857 bits per heavy atom. The standard InChI is InChI=1S/C45H27N3O/c1-2-13-30-27-31(26-25-28(30)11-1)43-46-44(48-45(47-43)39-22-10-24-41-42(39)38-16-5-6-23-40(38)49-41)37-21-9-19-35-34(18-8-20-36(35)37)33-17-7-14-29-12-3-4-15-32(29)33/h1-27H. The van der Waals surface area contributed by atoms with E-state index in [0.717, 1.165) is 54.8 Å². The van der Waals surface area contributed by atoms with Gasteiger partial charge in [-0.1, -0.05) is 146 Å². The molecule has 0 aliphatic rings. The van der Waals surface area contributed by atoms with Crippen LogP contribution in [0.2, 0.25) is 0 Å². The van der Waals surface area contributed by atoms with E-state index in [2.05, 4.69) is 133 Å². The number of aromatic nitrogens is 3. The van der Waals surface area contributed by atoms with Gasteiger partial charge in [-0.05, 0) is 61.6 Å². The van der Waals surface area contributed by atoms with Gasteiger partial charge in [0.05, 0.1) is 0 Å². The Bertz CT molecular complexity index is 2900. The van der Waals surface area contributed by atoms with Crippen LogP contribution in [-0.2, 0) is 0 Å². The van der Waals surface area contributed by atoms with Gasteiger partial charge in [-0.3, -0.25) is 0 Å². The van der Waals surface area contributed by atoms with Gasteiger partial charge in [-0.15, -0.1) is 0 Å². The van der Waals surface area contributed by atoms with E-state index in [1.54, 1.807) is 0 Å². The molecule has 0 atom stereocenters. The van der Waals surface area contributed by atoms with Crippen LogP contribution in [0.3, 0.4) is 0 Å². The van der Waals surface area contributed by atoms with Crippen LogP contribution in [0.5, 0.6) is 0 Å². The molecule has 0 amide bonds. The Labute approximate surface area is 282 Å². The van der Waals surface area contributed by atoms with Crippen molar-refractivity contribution < 1.29 is 4.42 Å². The van der Waals surface area contributed by atoms with Crippen molar-refractivity contribution in [2.45, 2.75) is 0 Å². The van der Waals surface area contributed by atoms with Crippen LogP contribution in [-0.4, -0.2) is 15.0 Å². The third kappa shape index (κ3) is 4.49. The molecule has 0 saturated carbocycles. The molecule has 49 heavy (non-hydrogen) atoms. The van der Waals surface area contributed by atoms with Crippen molar-refractivity contribution in [1.29, 1.82) is 0 Å². The quantitative estimate of drug-likeness (QED) is 0.195. The summed E-state index contributed by atoms with van der Waals surface area (Å²) in [6.45, 7) is 0. The molecule has 0 unspecified atom stereocenters. The largest absolute Gasteiger partial charge is 0.456 e. The van der Waals surface area contributed by atoms with E-state index in [-0.39, 0.29) is 0 Å². The van der Waals surface area contributed by atoms with Gasteiger partial charge >= 0.3 is 0 Å². The average Bonchev–Trinajstić information content (AvgIpc) is 3.56. The Hall–Kier alpha value is -6.65. The van der Waals surface area contributed by atoms with Crippen molar-refractivity contribution in [1.82, 2.24) is 15.0 Å². The summed E-state index contributed by atoms with van der Waals surface area (Å²) in [6, 6.07) is 57.0. The van der Waals surface area contributed by atoms with Gasteiger partial charge in [0.1, 0.15) is 11.2 Å². The lowest BCUT2D eigenvalue weighted by Crippen LogP contribution is -2.01. The Morgan fingerprint density at radius 3 is 1.71 bits per heavy atom. The number of hydrogen-bond acceptors (Lipinski definition) is 4. The van der Waals surface area contributed by atoms with Crippen LogP contribution in [0.4, 0.5) is 0 Å². The first-order chi connectivity index (χ1) is 24.3. The molecule has 0 saturated heterocycles. The molecule has 228 valence electrons. The number of fused-ring (bicyclic) bond motifs is 6. The Kier molecular flexibility index (Phi) is 6.15. The predicted molar refractivity (Wildman–Crippen MR) is 201 cm³/mol. The number of rotatable bonds is 4. The first kappa shape index (κ1) is 27.5. The van der Waals surface area contributed by atoms with Crippen molar-refractivity contribution in [3.63, 3.8) is 0 Å². The third-order valence-electron chi connectivity index (χ3n) is 9.53. The number of hydrogen-bond donors (Lipinski definition) is 0. The van der Waals surface area contributed by atoms with E-state index >= 15 is 0 Å². The highest BCUT2D eigenvalue weighted by atomic mass is 16.3. The fourth-order valence-corrected chi connectivity index (χ4v) is 7.24. The molecule has 2 aromatic heterocycles. The molecule has 0 radical (unpaired) electrons. The molecule has 4 heteroatoms. The third-order valence-corrected chi connectivity index (χ3v) is 9.53. The molecule has 2 heterocycles. The maximum Gasteiger partial charge on any atom is 0.164 e. The molecular weight excluding hydrogens is 599 g/mol. The van der Waals surface area contributed by atoms with E-state index < -0.39 is 0 Å². The van der Waals surface area contributed by atoms with Crippen LogP contribution in [0, 0.1) is 0 Å². The summed E-state index contributed by atoms with van der Waals surface area (Å²) < 4.78 is 6.26. The Morgan fingerprint density at radius 1 is 0.327 bits per heavy atom. The van der Waals surface area contributed by atoms with Crippen LogP contribution >= 0.6 is 0 Å². The second kappa shape index (κ2) is 11.0. The number of benzene rings is 8. The highest BCUT2D eigenvalue weighted by molar-refractivity contribution is 6.12. The van der Waals surface area contributed by atoms with Crippen LogP contribution in [0.15, 0.2) is 168 Å². The Balaban J connectivity index is 1.24. The van der Waals surface area contributed by atoms with Gasteiger partial charge in [0.15, 0.2) is 17.5 Å². The van der Waals surface area contributed by atoms with Gasteiger partial charge in [0.25, 0.3) is 0 Å². The minimum atomic E-state index is 0.604. The summed E-state index contributed by atoms with van der Waals surface area (Å²) in [5, 5.41) is 9.01. The van der Waals surface area contributed by atoms with Crippen LogP contribution < -0.4 is 0 Å². The number of furan rings is 1. The first-order valence-corrected chi connectivity index (χ1v) is 16.4. The van der Waals surface area contributed by atoms with Gasteiger partial charge in [-0.2, -0.15) is 0 Å². The average molecular weight is 626 g/mol. The summed E-state index contributed by atoms with van der Waals surface area (Å²) in [7, 11) is 0. The maximum absolute atomic E-state index is 6.26. The SMILES string of the molecule is c1ccc2cc(-c3nc(-c4cccc5c(-c6cccc7ccccc67)cccc45)nc(-c4cccc5oc6ccccc6c45)n3)ccc2c1. The highest BCUT2D eigenvalue weighted by Gasteiger charge is 2.19. The second-order valence-corrected chi connectivity index (χ2v) is 12.4. The van der Waals surface area contributed by atoms with Gasteiger partial charge < -0.3 is 4.42 Å². The zero-order valence-electron chi connectivity index (χ0n) is 26.3. The molecule has 0 aliphatic heterocycles. The van der Waals surface area contributed by atoms with Gasteiger partial charge in [-0.25, -0.2) is 15.0 Å². The monoisotopic (exact) mass is 625 g/mol. The molecule has 0 fully saturated rings. The van der Waals surface area contributed by atoms with Crippen LogP contribution in [0.25, 0.3) is 99.5 Å². The summed E-state index contributed by atoms with van der Waals surface area (Å²) in [6.07, 6.45) is 0. The molecule has 0 N–H and O–H groups in total. The van der Waals surface area contributed by atoms with Crippen molar-refractivity contribution in [2.75, 3.05) is 0 Å². The molecule has 4 nitrogen and oxygen atoms in total. The first-order valence-electron chi connectivity index (χ1n) is 16.4. The smallest absolute Gasteiger partial charge is 0.164 e. The highest BCUT2D eigenvalue weighted by Crippen LogP contribution is 2.39. The van der Waals surface area contributed by atoms with Gasteiger partial charge in [0.2, 0.25) is 0 Å². The van der Waals surface area contributed by atoms with E-state index in [9.17, 15) is 0 Å². The number of nitrogens with zero attached hydrogens (tertiary/aromatic N) is 3. The second-order valence-electron chi connectivity index (χ2n) is 12.4. The van der Waals surface area contributed by atoms with E-state index in [1.165, 1.54) is 27.3 Å². The minimum absolute atomic E-state index is 0.604. The van der Waals surface area contributed by atoms with Crippen molar-refractivity contribution in [3.8, 4) is 45.3 Å². The summed E-state index contributed by atoms with van der Waals surface area (Å²) in [4.78, 5) is 15.6. The predicted octanol–water partition coefficient (Wildman–Crippen LogP) is 11.9. The fourth-order valence-electron chi connectivity index (χ4n) is 7.24. The summed E-state index contributed by atoms with van der Waals surface area (Å²) in [5.74, 6) is 1.85. The topological polar surface area (TPSA) is 51.8 Å². The summed E-state index contributed by atoms with van der Waals surface area (Å²) in [5.41, 5.74) is 6.81. The van der Waals surface area contributed by atoms with Crippen LogP contribution in [0.1, 0.15) is 0 Å². The molecule has 0 bridgehead atoms. The van der Waals surface area contributed by atoms with Gasteiger partial charge in [0, 0.05) is 27.5 Å². The molecule has 10 aromatic rings. The molecule has 10 rings (SSSR count). The van der Waals surface area contributed by atoms with E-state index in [0.29, 0.717) is 17.5 Å². The lowest BCUT2D eigenvalue weighted by Gasteiger charge is -2.14. The molecular formula is C45H27N3O. The number of para-hydroxylation sites is 1. The lowest BCUT2D eigenvalue weighted by molar-refractivity contribution is 0.669. The molecule has 0 aliphatic carbocycles. The molecule has 8 aromatic carbocycles. The van der Waals surface area contributed by atoms with Crippen molar-refractivity contribution in [3.05, 3.63) is 164 Å². The minimum Gasteiger partial charge on any atom is -0.456 e. The zero-order chi connectivity index (χ0) is 32.3. The van der Waals surface area contributed by atoms with E-state index in [1.807, 2.05) is 30.3 Å². The zero-order valence-corrected chi connectivity index (χ0v) is 26.3. The van der Waals surface area contributed by atoms with Crippen molar-refractivity contribution in [2.24, 2.45) is 0 Å². The fraction of sp³-hybridized carbons (Fsp3) is 0.